The number of carbonyl (C=O) groups is 1. The van der Waals surface area contributed by atoms with Crippen LogP contribution in [0.15, 0.2) is 48.5 Å². The summed E-state index contributed by atoms with van der Waals surface area (Å²) < 4.78 is 4.96. The fraction of sp³-hybridized carbons (Fsp3) is 0.500. The minimum atomic E-state index is -0.540. The number of ether oxygens (including phenoxy) is 1. The van der Waals surface area contributed by atoms with Gasteiger partial charge in [0.1, 0.15) is 0 Å². The number of esters is 1. The van der Waals surface area contributed by atoms with Crippen LogP contribution in [0.5, 0.6) is 0 Å². The molecule has 0 radical (unpaired) electrons. The van der Waals surface area contributed by atoms with Gasteiger partial charge in [0, 0.05) is 5.41 Å². The highest BCUT2D eigenvalue weighted by Gasteiger charge is 2.50. The molecule has 0 saturated heterocycles. The molecule has 154 valence electrons. The molecule has 0 heterocycles. The Morgan fingerprint density at radius 1 is 1.17 bits per heavy atom. The van der Waals surface area contributed by atoms with E-state index >= 15 is 0 Å². The monoisotopic (exact) mass is 392 g/mol. The van der Waals surface area contributed by atoms with Crippen LogP contribution < -0.4 is 0 Å². The maximum atomic E-state index is 12.1. The van der Waals surface area contributed by atoms with Crippen LogP contribution >= 0.6 is 0 Å². The standard InChI is InChI=1S/C26H32O3/c1-3-25(28)14-15-26(17-19-8-5-4-6-9-19)22(18-25)11-7-10-20-16-21(24(27)29-2)12-13-23(20)26/h4-6,8-9,12-13,16,22,28H,3,7,10-11,14-15,17-18H2,1-2H3. The summed E-state index contributed by atoms with van der Waals surface area (Å²) in [5, 5.41) is 11.1. The molecular formula is C26H32O3. The second kappa shape index (κ2) is 7.95. The first kappa shape index (κ1) is 20.2. The van der Waals surface area contributed by atoms with Crippen molar-refractivity contribution >= 4 is 5.97 Å². The van der Waals surface area contributed by atoms with E-state index in [4.69, 9.17) is 4.74 Å². The zero-order valence-electron chi connectivity index (χ0n) is 17.6. The molecule has 2 aromatic carbocycles. The first-order valence-electron chi connectivity index (χ1n) is 11.0. The first-order valence-corrected chi connectivity index (χ1v) is 11.0. The van der Waals surface area contributed by atoms with Gasteiger partial charge < -0.3 is 9.84 Å². The van der Waals surface area contributed by atoms with Gasteiger partial charge in [-0.3, -0.25) is 0 Å². The van der Waals surface area contributed by atoms with Crippen LogP contribution in [0.25, 0.3) is 0 Å². The second-order valence-corrected chi connectivity index (χ2v) is 9.05. The van der Waals surface area contributed by atoms with E-state index in [1.54, 1.807) is 0 Å². The van der Waals surface area contributed by atoms with E-state index in [1.165, 1.54) is 23.8 Å². The molecule has 0 amide bonds. The van der Waals surface area contributed by atoms with Crippen molar-refractivity contribution in [2.45, 2.75) is 69.3 Å². The lowest BCUT2D eigenvalue weighted by Crippen LogP contribution is -2.48. The highest BCUT2D eigenvalue weighted by molar-refractivity contribution is 5.89. The third-order valence-electron chi connectivity index (χ3n) is 7.53. The smallest absolute Gasteiger partial charge is 0.337 e. The average Bonchev–Trinajstić information content (AvgIpc) is 2.90. The van der Waals surface area contributed by atoms with Crippen molar-refractivity contribution in [1.29, 1.82) is 0 Å². The largest absolute Gasteiger partial charge is 0.465 e. The third-order valence-corrected chi connectivity index (χ3v) is 7.53. The van der Waals surface area contributed by atoms with Crippen LogP contribution in [-0.2, 0) is 23.0 Å². The van der Waals surface area contributed by atoms with Crippen molar-refractivity contribution < 1.29 is 14.6 Å². The number of rotatable bonds is 4. The van der Waals surface area contributed by atoms with E-state index in [0.29, 0.717) is 11.5 Å². The molecule has 4 rings (SSSR count). The van der Waals surface area contributed by atoms with Crippen molar-refractivity contribution in [2.75, 3.05) is 7.11 Å². The lowest BCUT2D eigenvalue weighted by Gasteiger charge is -2.50. The molecule has 3 atom stereocenters. The molecule has 1 N–H and O–H groups in total. The summed E-state index contributed by atoms with van der Waals surface area (Å²) in [7, 11) is 1.44. The number of methoxy groups -OCH3 is 1. The Hall–Kier alpha value is -2.13. The van der Waals surface area contributed by atoms with Gasteiger partial charge in [-0.25, -0.2) is 4.79 Å². The Labute approximate surface area is 174 Å². The fourth-order valence-corrected chi connectivity index (χ4v) is 5.83. The van der Waals surface area contributed by atoms with Crippen LogP contribution in [0.3, 0.4) is 0 Å². The van der Waals surface area contributed by atoms with Gasteiger partial charge in [0.05, 0.1) is 18.3 Å². The number of aliphatic hydroxyl groups is 1. The van der Waals surface area contributed by atoms with Crippen LogP contribution in [0.2, 0.25) is 0 Å². The van der Waals surface area contributed by atoms with Crippen LogP contribution in [-0.4, -0.2) is 23.8 Å². The van der Waals surface area contributed by atoms with Gasteiger partial charge in [-0.15, -0.1) is 0 Å². The topological polar surface area (TPSA) is 46.5 Å². The van der Waals surface area contributed by atoms with E-state index in [1.807, 2.05) is 6.07 Å². The molecule has 2 aliphatic rings. The number of benzene rings is 2. The number of hydrogen-bond acceptors (Lipinski definition) is 3. The van der Waals surface area contributed by atoms with Gasteiger partial charge in [0.25, 0.3) is 0 Å². The molecule has 3 unspecified atom stereocenters. The summed E-state index contributed by atoms with van der Waals surface area (Å²) in [5.41, 5.74) is 4.14. The van der Waals surface area contributed by atoms with E-state index < -0.39 is 5.60 Å². The number of hydrogen-bond donors (Lipinski definition) is 1. The van der Waals surface area contributed by atoms with Gasteiger partial charge in [0.15, 0.2) is 0 Å². The molecule has 3 heteroatoms. The van der Waals surface area contributed by atoms with Crippen molar-refractivity contribution in [3.8, 4) is 0 Å². The maximum Gasteiger partial charge on any atom is 0.337 e. The lowest BCUT2D eigenvalue weighted by atomic mass is 9.55. The Bertz CT molecular complexity index is 875. The Kier molecular flexibility index (Phi) is 5.52. The van der Waals surface area contributed by atoms with Crippen LogP contribution in [0.4, 0.5) is 0 Å². The number of carbonyl (C=O) groups excluding carboxylic acids is 1. The predicted octanol–water partition coefficient (Wildman–Crippen LogP) is 5.23. The molecule has 29 heavy (non-hydrogen) atoms. The minimum absolute atomic E-state index is 0.0171. The van der Waals surface area contributed by atoms with Crippen molar-refractivity contribution in [1.82, 2.24) is 0 Å². The molecule has 0 bridgehead atoms. The van der Waals surface area contributed by atoms with Crippen LogP contribution in [0.1, 0.15) is 72.5 Å². The molecular weight excluding hydrogens is 360 g/mol. The molecule has 2 aliphatic carbocycles. The zero-order valence-corrected chi connectivity index (χ0v) is 17.6. The highest BCUT2D eigenvalue weighted by Crippen LogP contribution is 2.54. The minimum Gasteiger partial charge on any atom is -0.465 e. The highest BCUT2D eigenvalue weighted by atomic mass is 16.5. The molecule has 3 nitrogen and oxygen atoms in total. The Balaban J connectivity index is 1.82. The number of aryl methyl sites for hydroxylation is 1. The molecule has 1 saturated carbocycles. The summed E-state index contributed by atoms with van der Waals surface area (Å²) in [6.45, 7) is 2.11. The summed E-state index contributed by atoms with van der Waals surface area (Å²) in [5.74, 6) is 0.182. The van der Waals surface area contributed by atoms with E-state index in [9.17, 15) is 9.90 Å². The van der Waals surface area contributed by atoms with Gasteiger partial charge >= 0.3 is 5.97 Å². The van der Waals surface area contributed by atoms with E-state index in [0.717, 1.165) is 51.4 Å². The first-order chi connectivity index (χ1) is 14.0. The Morgan fingerprint density at radius 3 is 2.69 bits per heavy atom. The summed E-state index contributed by atoms with van der Waals surface area (Å²) >= 11 is 0. The summed E-state index contributed by atoms with van der Waals surface area (Å²) in [6.07, 6.45) is 7.71. The van der Waals surface area contributed by atoms with Gasteiger partial charge in [0.2, 0.25) is 0 Å². The average molecular weight is 393 g/mol. The second-order valence-electron chi connectivity index (χ2n) is 9.05. The molecule has 0 spiro atoms. The molecule has 0 aliphatic heterocycles. The Morgan fingerprint density at radius 2 is 1.97 bits per heavy atom. The molecule has 2 aromatic rings. The van der Waals surface area contributed by atoms with Gasteiger partial charge in [-0.1, -0.05) is 43.3 Å². The van der Waals surface area contributed by atoms with Crippen LogP contribution in [0, 0.1) is 5.92 Å². The quantitative estimate of drug-likeness (QED) is 0.725. The van der Waals surface area contributed by atoms with Gasteiger partial charge in [-0.2, -0.15) is 0 Å². The van der Waals surface area contributed by atoms with E-state index in [-0.39, 0.29) is 11.4 Å². The normalized spacial score (nSPS) is 28.7. The lowest BCUT2D eigenvalue weighted by molar-refractivity contribution is -0.0497. The molecule has 0 aromatic heterocycles. The number of fused-ring (bicyclic) bond motifs is 3. The fourth-order valence-electron chi connectivity index (χ4n) is 5.83. The maximum absolute atomic E-state index is 12.1. The zero-order chi connectivity index (χ0) is 20.5. The SMILES string of the molecule is CCC1(O)CCC2(Cc3ccccc3)c3ccc(C(=O)OC)cc3CCCC2C1. The molecule has 1 fully saturated rings. The van der Waals surface area contributed by atoms with Gasteiger partial charge in [-0.05, 0) is 86.1 Å². The van der Waals surface area contributed by atoms with Crippen molar-refractivity contribution in [3.05, 3.63) is 70.8 Å². The van der Waals surface area contributed by atoms with Crippen molar-refractivity contribution in [2.24, 2.45) is 5.92 Å². The predicted molar refractivity (Wildman–Crippen MR) is 115 cm³/mol. The summed E-state index contributed by atoms with van der Waals surface area (Å²) in [6, 6.07) is 16.9. The summed E-state index contributed by atoms with van der Waals surface area (Å²) in [4.78, 5) is 12.1. The van der Waals surface area contributed by atoms with E-state index in [2.05, 4.69) is 49.4 Å². The van der Waals surface area contributed by atoms with Crippen molar-refractivity contribution in [3.63, 3.8) is 0 Å². The third kappa shape index (κ3) is 3.73.